The molecule has 0 saturated heterocycles. The minimum Gasteiger partial charge on any atom is -0.343 e. The number of benzene rings is 6. The largest absolute Gasteiger partial charge is 0.343 e. The van der Waals surface area contributed by atoms with E-state index < -0.39 is 5.41 Å². The molecule has 0 fully saturated rings. The van der Waals surface area contributed by atoms with Crippen LogP contribution in [0.3, 0.4) is 0 Å². The molecule has 1 aromatic heterocycles. The van der Waals surface area contributed by atoms with Crippen molar-refractivity contribution in [3.63, 3.8) is 0 Å². The lowest BCUT2D eigenvalue weighted by molar-refractivity contribution is 0.769. The van der Waals surface area contributed by atoms with E-state index in [1.165, 1.54) is 66.0 Å². The summed E-state index contributed by atoms with van der Waals surface area (Å²) in [5, 5.41) is 5.21. The van der Waals surface area contributed by atoms with Crippen LogP contribution in [0, 0.1) is 0 Å². The normalized spacial score (nSPS) is 13.8. The first-order valence-corrected chi connectivity index (χ1v) is 12.9. The van der Waals surface area contributed by atoms with Crippen LogP contribution in [0.1, 0.15) is 22.3 Å². The summed E-state index contributed by atoms with van der Waals surface area (Å²) in [6, 6.07) is 49.2. The smallest absolute Gasteiger partial charge is 0.0734 e. The van der Waals surface area contributed by atoms with Crippen molar-refractivity contribution in [2.45, 2.75) is 5.41 Å². The Hall–Kier alpha value is -4.62. The van der Waals surface area contributed by atoms with Gasteiger partial charge in [0.15, 0.2) is 0 Å². The van der Waals surface area contributed by atoms with E-state index in [2.05, 4.69) is 145 Å². The summed E-state index contributed by atoms with van der Waals surface area (Å²) >= 11 is 0. The summed E-state index contributed by atoms with van der Waals surface area (Å²) in [4.78, 5) is 0. The molecular weight excluding hydrogens is 446 g/mol. The molecule has 0 atom stereocenters. The molecule has 174 valence electrons. The average molecular weight is 472 g/mol. The van der Waals surface area contributed by atoms with Crippen molar-refractivity contribution in [2.24, 2.45) is 7.05 Å². The van der Waals surface area contributed by atoms with Gasteiger partial charge in [0.2, 0.25) is 0 Å². The van der Waals surface area contributed by atoms with Crippen molar-refractivity contribution in [2.75, 3.05) is 0 Å². The predicted octanol–water partition coefficient (Wildman–Crippen LogP) is 8.85. The quantitative estimate of drug-likeness (QED) is 0.237. The average Bonchev–Trinajstić information content (AvgIpc) is 3.44. The van der Waals surface area contributed by atoms with E-state index in [0.29, 0.717) is 0 Å². The van der Waals surface area contributed by atoms with Gasteiger partial charge in [-0.2, -0.15) is 0 Å². The van der Waals surface area contributed by atoms with Gasteiger partial charge in [-0.1, -0.05) is 127 Å². The highest BCUT2D eigenvalue weighted by molar-refractivity contribution is 6.15. The molecule has 8 rings (SSSR count). The van der Waals surface area contributed by atoms with Gasteiger partial charge in [0.05, 0.1) is 10.9 Å². The second-order valence-electron chi connectivity index (χ2n) is 10.2. The molecule has 0 amide bonds. The van der Waals surface area contributed by atoms with Gasteiger partial charge < -0.3 is 4.57 Å². The Labute approximate surface area is 216 Å². The highest BCUT2D eigenvalue weighted by atomic mass is 14.9. The maximum atomic E-state index is 2.41. The van der Waals surface area contributed by atoms with Crippen LogP contribution in [-0.2, 0) is 12.5 Å². The zero-order valence-corrected chi connectivity index (χ0v) is 20.6. The van der Waals surface area contributed by atoms with Crippen LogP contribution in [0.15, 0.2) is 133 Å². The standard InChI is InChI=1S/C36H25N/c1-37-32-19-11-10-18-28(32)29-21-22-30-33-27-17-9-8-12-24(27)20-23-31(33)36(34(30)35(29)37,25-13-4-2-5-14-25)26-15-6-3-7-16-26/h2-23H,1H3. The zero-order chi connectivity index (χ0) is 24.6. The molecule has 0 unspecified atom stereocenters. The third kappa shape index (κ3) is 2.53. The topological polar surface area (TPSA) is 4.93 Å². The van der Waals surface area contributed by atoms with Gasteiger partial charge in [0.1, 0.15) is 0 Å². The van der Waals surface area contributed by atoms with Gasteiger partial charge in [0, 0.05) is 28.9 Å². The van der Waals surface area contributed by atoms with Crippen LogP contribution in [0.5, 0.6) is 0 Å². The molecule has 0 N–H and O–H groups in total. The number of aryl methyl sites for hydroxylation is 1. The highest BCUT2D eigenvalue weighted by Gasteiger charge is 2.48. The number of hydrogen-bond donors (Lipinski definition) is 0. The molecular formula is C36H25N. The summed E-state index contributed by atoms with van der Waals surface area (Å²) in [6.07, 6.45) is 0. The third-order valence-corrected chi connectivity index (χ3v) is 8.46. The fourth-order valence-electron chi connectivity index (χ4n) is 7.01. The van der Waals surface area contributed by atoms with Crippen molar-refractivity contribution in [3.05, 3.63) is 156 Å². The van der Waals surface area contributed by atoms with E-state index in [0.717, 1.165) is 0 Å². The molecule has 1 aliphatic rings. The SMILES string of the molecule is Cn1c2ccccc2c2ccc3c(c21)C(c1ccccc1)(c1ccccc1)c1ccc2ccccc2c1-3. The van der Waals surface area contributed by atoms with Gasteiger partial charge in [-0.15, -0.1) is 0 Å². The summed E-state index contributed by atoms with van der Waals surface area (Å²) in [5.41, 5.74) is 10.2. The first-order valence-electron chi connectivity index (χ1n) is 12.9. The Morgan fingerprint density at radius 1 is 0.514 bits per heavy atom. The number of hydrogen-bond acceptors (Lipinski definition) is 0. The summed E-state index contributed by atoms with van der Waals surface area (Å²) < 4.78 is 2.41. The molecule has 6 aromatic carbocycles. The van der Waals surface area contributed by atoms with Gasteiger partial charge >= 0.3 is 0 Å². The molecule has 0 saturated carbocycles. The molecule has 7 aromatic rings. The molecule has 0 radical (unpaired) electrons. The molecule has 1 heterocycles. The lowest BCUT2D eigenvalue weighted by Crippen LogP contribution is -2.29. The van der Waals surface area contributed by atoms with Crippen LogP contribution in [-0.4, -0.2) is 4.57 Å². The van der Waals surface area contributed by atoms with Crippen molar-refractivity contribution in [1.29, 1.82) is 0 Å². The van der Waals surface area contributed by atoms with Crippen molar-refractivity contribution in [1.82, 2.24) is 4.57 Å². The van der Waals surface area contributed by atoms with Crippen LogP contribution in [0.4, 0.5) is 0 Å². The molecule has 1 aliphatic carbocycles. The van der Waals surface area contributed by atoms with Crippen molar-refractivity contribution in [3.8, 4) is 11.1 Å². The molecule has 0 aliphatic heterocycles. The molecule has 37 heavy (non-hydrogen) atoms. The van der Waals surface area contributed by atoms with E-state index in [9.17, 15) is 0 Å². The van der Waals surface area contributed by atoms with E-state index in [4.69, 9.17) is 0 Å². The lowest BCUT2D eigenvalue weighted by Gasteiger charge is -2.34. The Morgan fingerprint density at radius 2 is 1.14 bits per heavy atom. The lowest BCUT2D eigenvalue weighted by atomic mass is 9.67. The fraction of sp³-hybridized carbons (Fsp3) is 0.0556. The van der Waals surface area contributed by atoms with Crippen LogP contribution < -0.4 is 0 Å². The number of aromatic nitrogens is 1. The minimum absolute atomic E-state index is 0.432. The first kappa shape index (κ1) is 20.6. The number of para-hydroxylation sites is 1. The second-order valence-corrected chi connectivity index (χ2v) is 10.2. The summed E-state index contributed by atoms with van der Waals surface area (Å²) in [6.45, 7) is 0. The zero-order valence-electron chi connectivity index (χ0n) is 20.6. The van der Waals surface area contributed by atoms with Gasteiger partial charge in [-0.3, -0.25) is 0 Å². The van der Waals surface area contributed by atoms with Crippen LogP contribution >= 0.6 is 0 Å². The number of rotatable bonds is 2. The fourth-order valence-corrected chi connectivity index (χ4v) is 7.01. The van der Waals surface area contributed by atoms with E-state index in [1.54, 1.807) is 0 Å². The van der Waals surface area contributed by atoms with Gasteiger partial charge in [-0.05, 0) is 44.7 Å². The third-order valence-electron chi connectivity index (χ3n) is 8.46. The first-order chi connectivity index (χ1) is 18.3. The number of nitrogens with zero attached hydrogens (tertiary/aromatic N) is 1. The molecule has 0 bridgehead atoms. The highest BCUT2D eigenvalue weighted by Crippen LogP contribution is 2.60. The Balaban J connectivity index is 1.68. The Morgan fingerprint density at radius 3 is 1.86 bits per heavy atom. The number of fused-ring (bicyclic) bond motifs is 9. The predicted molar refractivity (Wildman–Crippen MR) is 155 cm³/mol. The van der Waals surface area contributed by atoms with E-state index >= 15 is 0 Å². The molecule has 0 spiro atoms. The molecule has 1 nitrogen and oxygen atoms in total. The summed E-state index contributed by atoms with van der Waals surface area (Å²) in [5.74, 6) is 0. The van der Waals surface area contributed by atoms with Crippen molar-refractivity contribution < 1.29 is 0 Å². The van der Waals surface area contributed by atoms with Gasteiger partial charge in [-0.25, -0.2) is 0 Å². The van der Waals surface area contributed by atoms with Crippen molar-refractivity contribution >= 4 is 32.6 Å². The van der Waals surface area contributed by atoms with Gasteiger partial charge in [0.25, 0.3) is 0 Å². The Kier molecular flexibility index (Phi) is 4.14. The van der Waals surface area contributed by atoms with E-state index in [-0.39, 0.29) is 0 Å². The van der Waals surface area contributed by atoms with Crippen LogP contribution in [0.25, 0.3) is 43.7 Å². The molecule has 1 heteroatoms. The second kappa shape index (κ2) is 7.44. The summed E-state index contributed by atoms with van der Waals surface area (Å²) in [7, 11) is 2.23. The maximum absolute atomic E-state index is 2.41. The monoisotopic (exact) mass is 471 g/mol. The Bertz CT molecular complexity index is 1940. The van der Waals surface area contributed by atoms with E-state index in [1.807, 2.05) is 0 Å². The minimum atomic E-state index is -0.432. The maximum Gasteiger partial charge on any atom is 0.0734 e. The van der Waals surface area contributed by atoms with Crippen LogP contribution in [0.2, 0.25) is 0 Å².